The zero-order valence-corrected chi connectivity index (χ0v) is 11.7. The predicted octanol–water partition coefficient (Wildman–Crippen LogP) is 2.11. The van der Waals surface area contributed by atoms with Gasteiger partial charge in [0.05, 0.1) is 16.8 Å². The van der Waals surface area contributed by atoms with Gasteiger partial charge in [-0.25, -0.2) is 0 Å². The lowest BCUT2D eigenvalue weighted by Crippen LogP contribution is -2.14. The van der Waals surface area contributed by atoms with Crippen molar-refractivity contribution in [2.75, 3.05) is 17.7 Å². The largest absolute Gasteiger partial charge is 0.383 e. The van der Waals surface area contributed by atoms with E-state index >= 15 is 0 Å². The molecular formula is C13H15N5O3. The van der Waals surface area contributed by atoms with Crippen LogP contribution < -0.4 is 10.6 Å². The summed E-state index contributed by atoms with van der Waals surface area (Å²) in [6.07, 6.45) is 3.15. The Kier molecular flexibility index (Phi) is 4.17. The maximum atomic E-state index is 12.2. The van der Waals surface area contributed by atoms with E-state index in [1.165, 1.54) is 12.3 Å². The van der Waals surface area contributed by atoms with E-state index in [0.29, 0.717) is 12.2 Å². The van der Waals surface area contributed by atoms with Gasteiger partial charge in [0.2, 0.25) is 0 Å². The molecule has 0 radical (unpaired) electrons. The highest BCUT2D eigenvalue weighted by molar-refractivity contribution is 6.08. The summed E-state index contributed by atoms with van der Waals surface area (Å²) in [6.45, 7) is 2.59. The number of rotatable bonds is 5. The number of para-hydroxylation sites is 1. The summed E-state index contributed by atoms with van der Waals surface area (Å²) in [7, 11) is 1.56. The summed E-state index contributed by atoms with van der Waals surface area (Å²) in [4.78, 5) is 22.8. The summed E-state index contributed by atoms with van der Waals surface area (Å²) in [6, 6.07) is 4.55. The molecule has 8 nitrogen and oxygen atoms in total. The second-order valence-corrected chi connectivity index (χ2v) is 4.25. The van der Waals surface area contributed by atoms with E-state index in [9.17, 15) is 14.9 Å². The SMILES string of the molecule is CCn1cc(NC(=O)c2cccc(NC)c2[N+](=O)[O-])cn1. The van der Waals surface area contributed by atoms with Crippen molar-refractivity contribution >= 4 is 23.0 Å². The van der Waals surface area contributed by atoms with Crippen LogP contribution >= 0.6 is 0 Å². The van der Waals surface area contributed by atoms with Gasteiger partial charge < -0.3 is 10.6 Å². The first-order valence-corrected chi connectivity index (χ1v) is 6.35. The van der Waals surface area contributed by atoms with Crippen LogP contribution in [0.3, 0.4) is 0 Å². The third kappa shape index (κ3) is 2.99. The lowest BCUT2D eigenvalue weighted by atomic mass is 10.1. The minimum Gasteiger partial charge on any atom is -0.383 e. The number of benzene rings is 1. The van der Waals surface area contributed by atoms with Gasteiger partial charge in [-0.2, -0.15) is 5.10 Å². The fourth-order valence-electron chi connectivity index (χ4n) is 1.92. The smallest absolute Gasteiger partial charge is 0.305 e. The van der Waals surface area contributed by atoms with Crippen molar-refractivity contribution < 1.29 is 9.72 Å². The Bertz CT molecular complexity index is 680. The van der Waals surface area contributed by atoms with Crippen LogP contribution in [-0.2, 0) is 6.54 Å². The number of nitrogens with one attached hydrogen (secondary N) is 2. The molecule has 0 unspecified atom stereocenters. The molecule has 0 fully saturated rings. The quantitative estimate of drug-likeness (QED) is 0.648. The molecule has 8 heteroatoms. The van der Waals surface area contributed by atoms with Crippen LogP contribution in [0.25, 0.3) is 0 Å². The molecular weight excluding hydrogens is 274 g/mol. The number of anilines is 2. The maximum Gasteiger partial charge on any atom is 0.305 e. The summed E-state index contributed by atoms with van der Waals surface area (Å²) >= 11 is 0. The topological polar surface area (TPSA) is 102 Å². The molecule has 1 aromatic carbocycles. The number of carbonyl (C=O) groups is 1. The molecule has 110 valence electrons. The fourth-order valence-corrected chi connectivity index (χ4v) is 1.92. The zero-order valence-electron chi connectivity index (χ0n) is 11.7. The van der Waals surface area contributed by atoms with E-state index in [2.05, 4.69) is 15.7 Å². The first-order valence-electron chi connectivity index (χ1n) is 6.35. The minimum absolute atomic E-state index is 0.00361. The Morgan fingerprint density at radius 2 is 2.24 bits per heavy atom. The van der Waals surface area contributed by atoms with E-state index in [-0.39, 0.29) is 16.9 Å². The second kappa shape index (κ2) is 6.04. The minimum atomic E-state index is -0.573. The summed E-state index contributed by atoms with van der Waals surface area (Å²) < 4.78 is 1.65. The number of aromatic nitrogens is 2. The predicted molar refractivity (Wildman–Crippen MR) is 78.5 cm³/mol. The molecule has 0 aliphatic rings. The Morgan fingerprint density at radius 3 is 2.81 bits per heavy atom. The van der Waals surface area contributed by atoms with Gasteiger partial charge in [-0.1, -0.05) is 6.07 Å². The van der Waals surface area contributed by atoms with Crippen molar-refractivity contribution in [2.45, 2.75) is 13.5 Å². The van der Waals surface area contributed by atoms with Crippen molar-refractivity contribution in [3.63, 3.8) is 0 Å². The van der Waals surface area contributed by atoms with Gasteiger partial charge in [0.1, 0.15) is 11.3 Å². The van der Waals surface area contributed by atoms with Crippen molar-refractivity contribution in [3.05, 3.63) is 46.3 Å². The van der Waals surface area contributed by atoms with Gasteiger partial charge in [-0.15, -0.1) is 0 Å². The van der Waals surface area contributed by atoms with E-state index in [0.717, 1.165) is 0 Å². The fraction of sp³-hybridized carbons (Fsp3) is 0.231. The highest BCUT2D eigenvalue weighted by Crippen LogP contribution is 2.28. The Morgan fingerprint density at radius 1 is 1.48 bits per heavy atom. The number of hydrogen-bond donors (Lipinski definition) is 2. The number of carbonyl (C=O) groups excluding carboxylic acids is 1. The van der Waals surface area contributed by atoms with Crippen LogP contribution in [0.1, 0.15) is 17.3 Å². The Balaban J connectivity index is 2.32. The molecule has 0 bridgehead atoms. The molecule has 1 aromatic heterocycles. The number of nitro benzene ring substituents is 1. The lowest BCUT2D eigenvalue weighted by molar-refractivity contribution is -0.384. The molecule has 2 N–H and O–H groups in total. The highest BCUT2D eigenvalue weighted by Gasteiger charge is 2.24. The molecule has 21 heavy (non-hydrogen) atoms. The van der Waals surface area contributed by atoms with Gasteiger partial charge in [-0.05, 0) is 19.1 Å². The van der Waals surface area contributed by atoms with Crippen molar-refractivity contribution in [1.82, 2.24) is 9.78 Å². The molecule has 0 saturated heterocycles. The third-order valence-electron chi connectivity index (χ3n) is 2.95. The molecule has 2 aromatic rings. The maximum absolute atomic E-state index is 12.2. The normalized spacial score (nSPS) is 10.2. The number of nitrogens with zero attached hydrogens (tertiary/aromatic N) is 3. The van der Waals surface area contributed by atoms with E-state index in [4.69, 9.17) is 0 Å². The summed E-state index contributed by atoms with van der Waals surface area (Å²) in [5.74, 6) is -0.547. The molecule has 2 rings (SSSR count). The lowest BCUT2D eigenvalue weighted by Gasteiger charge is -2.07. The van der Waals surface area contributed by atoms with E-state index in [1.807, 2.05) is 6.92 Å². The van der Waals surface area contributed by atoms with Gasteiger partial charge in [0.15, 0.2) is 0 Å². The second-order valence-electron chi connectivity index (χ2n) is 4.25. The van der Waals surface area contributed by atoms with Crippen molar-refractivity contribution in [3.8, 4) is 0 Å². The van der Waals surface area contributed by atoms with Crippen molar-refractivity contribution in [2.24, 2.45) is 0 Å². The van der Waals surface area contributed by atoms with Crippen LogP contribution in [-0.4, -0.2) is 27.7 Å². The van der Waals surface area contributed by atoms with Crippen LogP contribution in [0.5, 0.6) is 0 Å². The molecule has 0 saturated carbocycles. The highest BCUT2D eigenvalue weighted by atomic mass is 16.6. The van der Waals surface area contributed by atoms with Crippen LogP contribution in [0.4, 0.5) is 17.1 Å². The Labute approximate surface area is 120 Å². The Hall–Kier alpha value is -2.90. The van der Waals surface area contributed by atoms with Gasteiger partial charge >= 0.3 is 5.69 Å². The summed E-state index contributed by atoms with van der Waals surface area (Å²) in [5.41, 5.74) is 0.527. The average Bonchev–Trinajstić information content (AvgIpc) is 2.93. The molecule has 0 aliphatic carbocycles. The van der Waals surface area contributed by atoms with Gasteiger partial charge in [0, 0.05) is 19.8 Å². The van der Waals surface area contributed by atoms with E-state index < -0.39 is 10.8 Å². The van der Waals surface area contributed by atoms with Gasteiger partial charge in [0.25, 0.3) is 5.91 Å². The third-order valence-corrected chi connectivity index (χ3v) is 2.95. The molecule has 1 heterocycles. The molecule has 0 spiro atoms. The average molecular weight is 289 g/mol. The number of nitro groups is 1. The van der Waals surface area contributed by atoms with Gasteiger partial charge in [-0.3, -0.25) is 19.6 Å². The monoisotopic (exact) mass is 289 g/mol. The molecule has 0 atom stereocenters. The molecule has 1 amide bonds. The first kappa shape index (κ1) is 14.5. The molecule has 0 aliphatic heterocycles. The van der Waals surface area contributed by atoms with Crippen molar-refractivity contribution in [1.29, 1.82) is 0 Å². The first-order chi connectivity index (χ1) is 10.1. The number of aryl methyl sites for hydroxylation is 1. The number of amides is 1. The summed E-state index contributed by atoms with van der Waals surface area (Å²) in [5, 5.41) is 20.5. The van der Waals surface area contributed by atoms with Crippen LogP contribution in [0, 0.1) is 10.1 Å². The van der Waals surface area contributed by atoms with E-state index in [1.54, 1.807) is 30.1 Å². The standard InChI is InChI=1S/C13H15N5O3/c1-3-17-8-9(7-15-17)16-13(19)10-5-4-6-11(14-2)12(10)18(20)21/h4-8,14H,3H2,1-2H3,(H,16,19). The van der Waals surface area contributed by atoms with Crippen LogP contribution in [0.2, 0.25) is 0 Å². The zero-order chi connectivity index (χ0) is 15.4. The number of hydrogen-bond acceptors (Lipinski definition) is 5. The van der Waals surface area contributed by atoms with Crippen LogP contribution in [0.15, 0.2) is 30.6 Å².